The normalized spacial score (nSPS) is 11.8. The fourth-order valence-electron chi connectivity index (χ4n) is 7.83. The van der Waals surface area contributed by atoms with Crippen LogP contribution in [0.2, 0.25) is 0 Å². The number of nitrogens with zero attached hydrogens (tertiary/aromatic N) is 2. The molecule has 2 nitrogen and oxygen atoms in total. The van der Waals surface area contributed by atoms with Crippen molar-refractivity contribution in [3.63, 3.8) is 0 Å². The summed E-state index contributed by atoms with van der Waals surface area (Å²) in [7, 11) is 0. The zero-order valence-electron chi connectivity index (χ0n) is 26.7. The molecule has 0 fully saturated rings. The Bertz CT molecular complexity index is 2340. The predicted octanol–water partition coefficient (Wildman–Crippen LogP) is 8.89. The summed E-state index contributed by atoms with van der Waals surface area (Å²) in [4.78, 5) is 5.18. The van der Waals surface area contributed by atoms with Crippen molar-refractivity contribution in [1.29, 1.82) is 0 Å². The molecule has 0 N–H and O–H groups in total. The van der Waals surface area contributed by atoms with Gasteiger partial charge in [0.1, 0.15) is 0 Å². The van der Waals surface area contributed by atoms with Gasteiger partial charge in [0.25, 0.3) is 0 Å². The van der Waals surface area contributed by atoms with Crippen molar-refractivity contribution in [1.82, 2.24) is 9.38 Å². The Hall–Kier alpha value is -4.67. The Morgan fingerprint density at radius 3 is 1.82 bits per heavy atom. The summed E-state index contributed by atoms with van der Waals surface area (Å²) >= 11 is 1.84. The maximum Gasteiger partial charge on any atom is 0.242 e. The van der Waals surface area contributed by atoms with Gasteiger partial charge in [0.15, 0.2) is 5.65 Å². The minimum atomic E-state index is 0.151. The molecule has 0 spiro atoms. The Morgan fingerprint density at radius 2 is 1.18 bits per heavy atom. The number of pyridine rings is 1. The molecule has 5 aromatic carbocycles. The molecule has 0 saturated heterocycles. The zero-order valence-corrected chi connectivity index (χ0v) is 27.5. The van der Waals surface area contributed by atoms with Gasteiger partial charge < -0.3 is 0 Å². The highest BCUT2D eigenvalue weighted by atomic mass is 32.1. The molecular formula is C41H35BN2S. The number of aromatic nitrogens is 2. The van der Waals surface area contributed by atoms with Crippen molar-refractivity contribution in [2.75, 3.05) is 0 Å². The lowest BCUT2D eigenvalue weighted by Gasteiger charge is -2.25. The Kier molecular flexibility index (Phi) is 6.48. The first-order valence-electron chi connectivity index (χ1n) is 15.8. The molecule has 0 aliphatic rings. The molecule has 0 aliphatic carbocycles. The molecule has 45 heavy (non-hydrogen) atoms. The molecule has 8 aromatic rings. The summed E-state index contributed by atoms with van der Waals surface area (Å²) in [5, 5.41) is 2.56. The van der Waals surface area contributed by atoms with Gasteiger partial charge in [-0.2, -0.15) is 0 Å². The van der Waals surface area contributed by atoms with Crippen molar-refractivity contribution < 1.29 is 0 Å². The fourth-order valence-corrected chi connectivity index (χ4v) is 8.99. The topological polar surface area (TPSA) is 17.3 Å². The third-order valence-electron chi connectivity index (χ3n) is 9.51. The average molecular weight is 599 g/mol. The van der Waals surface area contributed by atoms with Crippen LogP contribution in [0.4, 0.5) is 0 Å². The van der Waals surface area contributed by atoms with Gasteiger partial charge in [-0.3, -0.25) is 4.40 Å². The number of hydrogen-bond acceptors (Lipinski definition) is 2. The number of thiophene rings is 1. The molecule has 3 aromatic heterocycles. The third kappa shape index (κ3) is 4.42. The van der Waals surface area contributed by atoms with E-state index in [0.717, 1.165) is 16.7 Å². The maximum absolute atomic E-state index is 5.18. The van der Waals surface area contributed by atoms with Crippen molar-refractivity contribution >= 4 is 71.3 Å². The van der Waals surface area contributed by atoms with Crippen molar-refractivity contribution in [3.8, 4) is 11.3 Å². The summed E-state index contributed by atoms with van der Waals surface area (Å²) in [6, 6.07) is 38.3. The second-order valence-electron chi connectivity index (χ2n) is 12.8. The number of aryl methyl sites for hydroxylation is 6. The summed E-state index contributed by atoms with van der Waals surface area (Å²) in [6.45, 7) is 13.6. The lowest BCUT2D eigenvalue weighted by Crippen LogP contribution is -2.55. The van der Waals surface area contributed by atoms with E-state index in [2.05, 4.69) is 149 Å². The third-order valence-corrected chi connectivity index (χ3v) is 10.7. The fraction of sp³-hybridized carbons (Fsp3) is 0.146. The maximum atomic E-state index is 5.18. The van der Waals surface area contributed by atoms with Crippen molar-refractivity contribution in [3.05, 3.63) is 137 Å². The number of hydrogen-bond donors (Lipinski definition) is 0. The van der Waals surface area contributed by atoms with E-state index in [1.54, 1.807) is 0 Å². The summed E-state index contributed by atoms with van der Waals surface area (Å²) in [5.41, 5.74) is 17.7. The van der Waals surface area contributed by atoms with E-state index in [1.807, 2.05) is 11.3 Å². The molecule has 0 amide bonds. The molecule has 0 bridgehead atoms. The molecule has 0 radical (unpaired) electrons. The van der Waals surface area contributed by atoms with Crippen LogP contribution in [0.15, 0.2) is 103 Å². The van der Waals surface area contributed by atoms with Crippen LogP contribution < -0.4 is 16.4 Å². The van der Waals surface area contributed by atoms with Crippen molar-refractivity contribution in [2.45, 2.75) is 41.5 Å². The number of rotatable bonds is 4. The number of para-hydroxylation sites is 2. The van der Waals surface area contributed by atoms with Crippen LogP contribution in [0.5, 0.6) is 0 Å². The van der Waals surface area contributed by atoms with Crippen LogP contribution in [-0.4, -0.2) is 16.1 Å². The highest BCUT2D eigenvalue weighted by Crippen LogP contribution is 2.40. The second-order valence-corrected chi connectivity index (χ2v) is 13.9. The van der Waals surface area contributed by atoms with Gasteiger partial charge in [-0.15, -0.1) is 11.3 Å². The highest BCUT2D eigenvalue weighted by Gasteiger charge is 2.28. The van der Waals surface area contributed by atoms with Crippen LogP contribution in [-0.2, 0) is 0 Å². The molecule has 0 saturated carbocycles. The second kappa shape index (κ2) is 10.5. The number of fused-ring (bicyclic) bond motifs is 7. The van der Waals surface area contributed by atoms with E-state index >= 15 is 0 Å². The van der Waals surface area contributed by atoms with Crippen LogP contribution in [0, 0.1) is 41.5 Å². The van der Waals surface area contributed by atoms with E-state index in [4.69, 9.17) is 4.98 Å². The predicted molar refractivity (Wildman–Crippen MR) is 197 cm³/mol. The lowest BCUT2D eigenvalue weighted by molar-refractivity contribution is 1.25. The van der Waals surface area contributed by atoms with E-state index in [1.165, 1.54) is 81.2 Å². The summed E-state index contributed by atoms with van der Waals surface area (Å²) < 4.78 is 4.90. The number of imidazole rings is 1. The molecule has 4 heteroatoms. The van der Waals surface area contributed by atoms with Gasteiger partial charge >= 0.3 is 0 Å². The minimum absolute atomic E-state index is 0.151. The Morgan fingerprint density at radius 1 is 0.600 bits per heavy atom. The summed E-state index contributed by atoms with van der Waals surface area (Å²) in [5.74, 6) is 0. The SMILES string of the molecule is Cc1cc(C)c(B(c2ccc(-c3cc4c5ccccc5sc4c4nc5ccccc5n34)cc2)c2c(C)cc(C)cc2C)c(C)c1. The quantitative estimate of drug-likeness (QED) is 0.185. The van der Waals surface area contributed by atoms with Crippen LogP contribution in [0.3, 0.4) is 0 Å². The Balaban J connectivity index is 1.37. The van der Waals surface area contributed by atoms with E-state index < -0.39 is 0 Å². The first kappa shape index (κ1) is 27.9. The number of benzene rings is 5. The molecular weight excluding hydrogens is 563 g/mol. The highest BCUT2D eigenvalue weighted by molar-refractivity contribution is 7.26. The van der Waals surface area contributed by atoms with E-state index in [0.29, 0.717) is 0 Å². The molecule has 218 valence electrons. The van der Waals surface area contributed by atoms with E-state index in [-0.39, 0.29) is 6.71 Å². The monoisotopic (exact) mass is 598 g/mol. The largest absolute Gasteiger partial charge is 0.291 e. The molecule has 0 aliphatic heterocycles. The molecule has 3 heterocycles. The van der Waals surface area contributed by atoms with Gasteiger partial charge in [0, 0.05) is 15.5 Å². The lowest BCUT2D eigenvalue weighted by atomic mass is 9.34. The van der Waals surface area contributed by atoms with Gasteiger partial charge in [0.05, 0.1) is 21.4 Å². The molecule has 0 atom stereocenters. The van der Waals surface area contributed by atoms with Gasteiger partial charge in [-0.1, -0.05) is 129 Å². The molecule has 8 rings (SSSR count). The van der Waals surface area contributed by atoms with Crippen LogP contribution >= 0.6 is 11.3 Å². The van der Waals surface area contributed by atoms with Crippen LogP contribution in [0.1, 0.15) is 33.4 Å². The van der Waals surface area contributed by atoms with Gasteiger partial charge in [-0.05, 0) is 71.4 Å². The summed E-state index contributed by atoms with van der Waals surface area (Å²) in [6.07, 6.45) is 0. The van der Waals surface area contributed by atoms with E-state index in [9.17, 15) is 0 Å². The zero-order chi connectivity index (χ0) is 31.0. The molecule has 0 unspecified atom stereocenters. The van der Waals surface area contributed by atoms with Gasteiger partial charge in [-0.25, -0.2) is 4.98 Å². The minimum Gasteiger partial charge on any atom is -0.291 e. The Labute approximate surface area is 269 Å². The average Bonchev–Trinajstić information content (AvgIpc) is 3.58. The standard InChI is InChI=1S/C41H35BN2S/c1-24-19-26(3)38(27(4)20-24)42(39-28(5)21-25(2)22-29(39)6)31-17-15-30(16-18-31)36-23-33-32-11-7-10-14-37(32)45-40(33)41-43-34-12-8-9-13-35(34)44(36)41/h7-23H,1-6H3. The van der Waals surface area contributed by atoms with Gasteiger partial charge in [0.2, 0.25) is 6.71 Å². The smallest absolute Gasteiger partial charge is 0.242 e. The first-order valence-corrected chi connectivity index (χ1v) is 16.6. The van der Waals surface area contributed by atoms with Crippen LogP contribution in [0.25, 0.3) is 48.1 Å². The first-order chi connectivity index (χ1) is 21.8. The van der Waals surface area contributed by atoms with Crippen molar-refractivity contribution in [2.24, 2.45) is 0 Å².